The molecule has 2 heterocycles. The van der Waals surface area contributed by atoms with Crippen molar-refractivity contribution >= 4 is 15.8 Å². The minimum atomic E-state index is -4.00. The Balaban J connectivity index is 1.59. The van der Waals surface area contributed by atoms with Crippen LogP contribution in [0.15, 0.2) is 65.8 Å². The minimum absolute atomic E-state index is 0.0880. The van der Waals surface area contributed by atoms with E-state index in [2.05, 4.69) is 15.5 Å². The molecule has 11 heteroatoms. The van der Waals surface area contributed by atoms with Crippen LogP contribution in [0.1, 0.15) is 39.7 Å². The highest BCUT2D eigenvalue weighted by atomic mass is 32.2. The number of hydrogen-bond acceptors (Lipinski definition) is 8. The van der Waals surface area contributed by atoms with E-state index in [0.717, 1.165) is 5.56 Å². The molecule has 0 bridgehead atoms. The Morgan fingerprint density at radius 3 is 2.35 bits per heavy atom. The molecule has 1 saturated heterocycles. The molecule has 1 aliphatic heterocycles. The molecule has 1 unspecified atom stereocenters. The van der Waals surface area contributed by atoms with E-state index in [-0.39, 0.29) is 11.6 Å². The van der Waals surface area contributed by atoms with Crippen LogP contribution in [-0.4, -0.2) is 63.4 Å². The van der Waals surface area contributed by atoms with Crippen molar-refractivity contribution in [2.75, 3.05) is 5.75 Å². The van der Waals surface area contributed by atoms with Gasteiger partial charge in [0, 0.05) is 6.42 Å². The van der Waals surface area contributed by atoms with Gasteiger partial charge in [0.25, 0.3) is 5.16 Å². The lowest BCUT2D eigenvalue weighted by Gasteiger charge is -2.46. The first-order valence-corrected chi connectivity index (χ1v) is 13.7. The Kier molecular flexibility index (Phi) is 7.50. The SMILES string of the molecule is CC1(C)O[C@H](CS(=O)(=O)c2nnnn2-c2ccccc2)C[C@H](C(C(=O)O)C(C)(C)Cc2ccccc2)O1. The summed E-state index contributed by atoms with van der Waals surface area (Å²) in [5, 5.41) is 21.1. The molecule has 37 heavy (non-hydrogen) atoms. The third kappa shape index (κ3) is 6.23. The van der Waals surface area contributed by atoms with Crippen molar-refractivity contribution in [2.24, 2.45) is 11.3 Å². The Morgan fingerprint density at radius 1 is 1.11 bits per heavy atom. The molecule has 1 aliphatic rings. The van der Waals surface area contributed by atoms with Crippen molar-refractivity contribution in [2.45, 2.75) is 63.7 Å². The van der Waals surface area contributed by atoms with Gasteiger partial charge < -0.3 is 14.6 Å². The second-order valence-corrected chi connectivity index (χ2v) is 12.4. The highest BCUT2D eigenvalue weighted by molar-refractivity contribution is 7.91. The van der Waals surface area contributed by atoms with Crippen LogP contribution in [0.3, 0.4) is 0 Å². The van der Waals surface area contributed by atoms with Crippen LogP contribution in [0.4, 0.5) is 0 Å². The van der Waals surface area contributed by atoms with Gasteiger partial charge in [0.2, 0.25) is 9.84 Å². The topological polar surface area (TPSA) is 134 Å². The van der Waals surface area contributed by atoms with Crippen LogP contribution < -0.4 is 0 Å². The normalized spacial score (nSPS) is 20.9. The maximum Gasteiger partial charge on any atom is 0.309 e. The van der Waals surface area contributed by atoms with Crippen molar-refractivity contribution < 1.29 is 27.8 Å². The van der Waals surface area contributed by atoms with Crippen LogP contribution >= 0.6 is 0 Å². The lowest BCUT2D eigenvalue weighted by molar-refractivity contribution is -0.307. The fourth-order valence-electron chi connectivity index (χ4n) is 5.11. The molecule has 198 valence electrons. The molecule has 4 rings (SSSR count). The smallest absolute Gasteiger partial charge is 0.309 e. The number of carbonyl (C=O) groups is 1. The summed E-state index contributed by atoms with van der Waals surface area (Å²) in [7, 11) is -4.00. The predicted octanol–water partition coefficient (Wildman–Crippen LogP) is 3.32. The fraction of sp³-hybridized carbons (Fsp3) is 0.462. The third-order valence-electron chi connectivity index (χ3n) is 6.49. The first-order chi connectivity index (χ1) is 17.4. The van der Waals surface area contributed by atoms with E-state index in [9.17, 15) is 18.3 Å². The van der Waals surface area contributed by atoms with Crippen molar-refractivity contribution in [1.82, 2.24) is 20.2 Å². The largest absolute Gasteiger partial charge is 0.481 e. The molecule has 0 radical (unpaired) electrons. The number of carboxylic acids is 1. The molecule has 1 fully saturated rings. The molecule has 0 amide bonds. The zero-order chi connectivity index (χ0) is 26.8. The average molecular weight is 529 g/mol. The molecule has 0 spiro atoms. The molecule has 3 aromatic rings. The van der Waals surface area contributed by atoms with Crippen LogP contribution in [-0.2, 0) is 30.5 Å². The van der Waals surface area contributed by atoms with E-state index in [1.54, 1.807) is 44.2 Å². The summed E-state index contributed by atoms with van der Waals surface area (Å²) in [6.45, 7) is 7.11. The van der Waals surface area contributed by atoms with Gasteiger partial charge in [0.15, 0.2) is 5.79 Å². The Labute approximate surface area is 216 Å². The summed E-state index contributed by atoms with van der Waals surface area (Å²) < 4.78 is 40.1. The number of benzene rings is 2. The number of rotatable bonds is 9. The van der Waals surface area contributed by atoms with Crippen LogP contribution in [0.2, 0.25) is 0 Å². The second-order valence-electron chi connectivity index (χ2n) is 10.5. The van der Waals surface area contributed by atoms with Crippen LogP contribution in [0.5, 0.6) is 0 Å². The van der Waals surface area contributed by atoms with E-state index in [1.165, 1.54) is 4.68 Å². The number of aromatic nitrogens is 4. The third-order valence-corrected chi connectivity index (χ3v) is 8.11. The molecule has 1 aromatic heterocycles. The predicted molar refractivity (Wildman–Crippen MR) is 135 cm³/mol. The molecular formula is C26H32N4O6S. The highest BCUT2D eigenvalue weighted by Gasteiger charge is 2.48. The fourth-order valence-corrected chi connectivity index (χ4v) is 6.52. The number of para-hydroxylation sites is 1. The van der Waals surface area contributed by atoms with Crippen LogP contribution in [0.25, 0.3) is 5.69 Å². The second kappa shape index (κ2) is 10.3. The summed E-state index contributed by atoms with van der Waals surface area (Å²) >= 11 is 0. The zero-order valence-electron chi connectivity index (χ0n) is 21.3. The number of ether oxygens (including phenoxy) is 2. The van der Waals surface area contributed by atoms with Crippen LogP contribution in [0, 0.1) is 11.3 Å². The Morgan fingerprint density at radius 2 is 1.73 bits per heavy atom. The molecule has 0 aliphatic carbocycles. The number of carboxylic acid groups (broad SMARTS) is 1. The van der Waals surface area contributed by atoms with E-state index in [1.807, 2.05) is 44.2 Å². The first kappa shape index (κ1) is 26.9. The van der Waals surface area contributed by atoms with Gasteiger partial charge in [-0.2, -0.15) is 4.68 Å². The van der Waals surface area contributed by atoms with Gasteiger partial charge in [-0.3, -0.25) is 4.79 Å². The average Bonchev–Trinajstić information content (AvgIpc) is 3.29. The molecule has 1 N–H and O–H groups in total. The molecule has 2 aromatic carbocycles. The van der Waals surface area contributed by atoms with E-state index < -0.39 is 50.9 Å². The van der Waals surface area contributed by atoms with E-state index in [0.29, 0.717) is 12.1 Å². The number of sulfone groups is 1. The maximum absolute atomic E-state index is 13.4. The standard InChI is InChI=1S/C26H32N4O6S/c1-25(2,16-18-11-7-5-8-12-18)22(23(31)32)21-15-20(35-26(3,4)36-21)17-37(33,34)24-27-28-29-30(24)19-13-9-6-10-14-19/h5-14,20-22H,15-17H2,1-4H3,(H,31,32)/t20-,21+,22?/m0/s1. The van der Waals surface area contributed by atoms with Gasteiger partial charge in [-0.1, -0.05) is 67.5 Å². The first-order valence-electron chi connectivity index (χ1n) is 12.1. The molecule has 10 nitrogen and oxygen atoms in total. The number of nitrogens with zero attached hydrogens (tertiary/aromatic N) is 4. The molecule has 3 atom stereocenters. The molecule has 0 saturated carbocycles. The lowest BCUT2D eigenvalue weighted by Crippen LogP contribution is -2.53. The molecular weight excluding hydrogens is 496 g/mol. The zero-order valence-corrected chi connectivity index (χ0v) is 22.1. The van der Waals surface area contributed by atoms with Gasteiger partial charge >= 0.3 is 5.97 Å². The monoisotopic (exact) mass is 528 g/mol. The van der Waals surface area contributed by atoms with Crippen molar-refractivity contribution in [3.05, 3.63) is 66.2 Å². The van der Waals surface area contributed by atoms with Crippen molar-refractivity contribution in [1.29, 1.82) is 0 Å². The van der Waals surface area contributed by atoms with Gasteiger partial charge in [0.05, 0.1) is 29.6 Å². The Hall–Kier alpha value is -3.15. The van der Waals surface area contributed by atoms with Gasteiger partial charge in [0.1, 0.15) is 0 Å². The summed E-state index contributed by atoms with van der Waals surface area (Å²) in [5.74, 6) is -3.52. The van der Waals surface area contributed by atoms with Crippen molar-refractivity contribution in [3.63, 3.8) is 0 Å². The van der Waals surface area contributed by atoms with Gasteiger partial charge in [-0.05, 0) is 53.8 Å². The quantitative estimate of drug-likeness (QED) is 0.444. The van der Waals surface area contributed by atoms with E-state index >= 15 is 0 Å². The number of aliphatic carboxylic acids is 1. The van der Waals surface area contributed by atoms with Crippen molar-refractivity contribution in [3.8, 4) is 5.69 Å². The van der Waals surface area contributed by atoms with E-state index in [4.69, 9.17) is 9.47 Å². The number of tetrazole rings is 1. The lowest BCUT2D eigenvalue weighted by atomic mass is 9.70. The Bertz CT molecular complexity index is 1330. The number of hydrogen-bond donors (Lipinski definition) is 1. The van der Waals surface area contributed by atoms with Gasteiger partial charge in [-0.25, -0.2) is 8.42 Å². The summed E-state index contributed by atoms with van der Waals surface area (Å²) in [4.78, 5) is 12.6. The minimum Gasteiger partial charge on any atom is -0.481 e. The summed E-state index contributed by atoms with van der Waals surface area (Å²) in [5.41, 5.74) is 0.828. The maximum atomic E-state index is 13.4. The highest BCUT2D eigenvalue weighted by Crippen LogP contribution is 2.41. The van der Waals surface area contributed by atoms with Gasteiger partial charge in [-0.15, -0.1) is 0 Å². The summed E-state index contributed by atoms with van der Waals surface area (Å²) in [6, 6.07) is 18.4. The summed E-state index contributed by atoms with van der Waals surface area (Å²) in [6.07, 6.45) is -0.995.